The molecule has 0 aliphatic rings. The van der Waals surface area contributed by atoms with Gasteiger partial charge in [-0.15, -0.1) is 22.9 Å². The van der Waals surface area contributed by atoms with Gasteiger partial charge in [-0.25, -0.2) is 0 Å². The number of hydrogen-bond donors (Lipinski definition) is 0. The molecule has 0 aliphatic heterocycles. The van der Waals surface area contributed by atoms with Gasteiger partial charge in [0.05, 0.1) is 12.9 Å². The number of alkyl halides is 1. The van der Waals surface area contributed by atoms with Gasteiger partial charge in [-0.3, -0.25) is 0 Å². The van der Waals surface area contributed by atoms with Gasteiger partial charge in [-0.05, 0) is 49.9 Å². The van der Waals surface area contributed by atoms with E-state index in [2.05, 4.69) is 44.8 Å². The Morgan fingerprint density at radius 1 is 1.64 bits per heavy atom. The smallest absolute Gasteiger partial charge is 0.0757 e. The van der Waals surface area contributed by atoms with E-state index in [0.29, 0.717) is 0 Å². The van der Waals surface area contributed by atoms with Crippen LogP contribution in [0.4, 0.5) is 0 Å². The molecule has 0 radical (unpaired) electrons. The Balaban J connectivity index is 2.93. The Labute approximate surface area is 92.2 Å². The van der Waals surface area contributed by atoms with Crippen molar-refractivity contribution in [1.29, 1.82) is 0 Å². The third-order valence-corrected chi connectivity index (χ3v) is 4.31. The second-order valence-electron chi connectivity index (χ2n) is 2.16. The largest absolute Gasteiger partial charge is 0.121 e. The van der Waals surface area contributed by atoms with E-state index in [1.54, 1.807) is 11.3 Å². The highest BCUT2D eigenvalue weighted by Crippen LogP contribution is 2.38. The van der Waals surface area contributed by atoms with E-state index >= 15 is 0 Å². The number of halogens is 3. The summed E-state index contributed by atoms with van der Waals surface area (Å²) in [4.78, 5) is 0. The highest BCUT2D eigenvalue weighted by molar-refractivity contribution is 9.12. The van der Waals surface area contributed by atoms with Gasteiger partial charge >= 0.3 is 0 Å². The van der Waals surface area contributed by atoms with Gasteiger partial charge in [0.25, 0.3) is 0 Å². The summed E-state index contributed by atoms with van der Waals surface area (Å²) in [6.07, 6.45) is 0.962. The molecule has 0 spiro atoms. The lowest BCUT2D eigenvalue weighted by atomic mass is 10.2. The van der Waals surface area contributed by atoms with Gasteiger partial charge in [0, 0.05) is 0 Å². The predicted molar refractivity (Wildman–Crippen MR) is 58.6 cm³/mol. The van der Waals surface area contributed by atoms with Gasteiger partial charge in [-0.2, -0.15) is 0 Å². The molecular weight excluding hydrogens is 311 g/mol. The molecule has 0 saturated carbocycles. The van der Waals surface area contributed by atoms with Crippen LogP contribution in [0.15, 0.2) is 13.6 Å². The SMILES string of the molecule is CCC(Cl)c1cc(Br)sc1Br. The first-order valence-corrected chi connectivity index (χ1v) is 6.07. The van der Waals surface area contributed by atoms with Crippen LogP contribution in [0.5, 0.6) is 0 Å². The molecule has 0 saturated heterocycles. The number of hydrogen-bond acceptors (Lipinski definition) is 1. The van der Waals surface area contributed by atoms with Crippen molar-refractivity contribution in [3.63, 3.8) is 0 Å². The molecule has 0 N–H and O–H groups in total. The molecule has 1 atom stereocenters. The maximum absolute atomic E-state index is 6.07. The number of rotatable bonds is 2. The van der Waals surface area contributed by atoms with Crippen LogP contribution in [-0.4, -0.2) is 0 Å². The van der Waals surface area contributed by atoms with Crippen LogP contribution in [-0.2, 0) is 0 Å². The first-order chi connectivity index (χ1) is 5.15. The van der Waals surface area contributed by atoms with Crippen LogP contribution < -0.4 is 0 Å². The standard InChI is InChI=1S/C7H7Br2ClS/c1-2-5(10)4-3-6(8)11-7(4)9/h3,5H,2H2,1H3. The molecule has 0 amide bonds. The average molecular weight is 318 g/mol. The van der Waals surface area contributed by atoms with Gasteiger partial charge in [-0.1, -0.05) is 6.92 Å². The second kappa shape index (κ2) is 4.26. The summed E-state index contributed by atoms with van der Waals surface area (Å²) in [7, 11) is 0. The quantitative estimate of drug-likeness (QED) is 0.676. The first kappa shape index (κ1) is 10.0. The Morgan fingerprint density at radius 3 is 2.64 bits per heavy atom. The number of thiophene rings is 1. The summed E-state index contributed by atoms with van der Waals surface area (Å²) >= 11 is 14.6. The van der Waals surface area contributed by atoms with Crippen LogP contribution >= 0.6 is 54.8 Å². The Bertz CT molecular complexity index is 247. The van der Waals surface area contributed by atoms with Crippen molar-refractivity contribution in [2.24, 2.45) is 0 Å². The minimum Gasteiger partial charge on any atom is -0.121 e. The third kappa shape index (κ3) is 2.44. The molecule has 0 bridgehead atoms. The van der Waals surface area contributed by atoms with E-state index in [1.165, 1.54) is 5.56 Å². The van der Waals surface area contributed by atoms with E-state index < -0.39 is 0 Å². The predicted octanol–water partition coefficient (Wildman–Crippen LogP) is 4.96. The zero-order chi connectivity index (χ0) is 8.43. The Morgan fingerprint density at radius 2 is 2.27 bits per heavy atom. The van der Waals surface area contributed by atoms with Gasteiger partial charge < -0.3 is 0 Å². The Hall–Kier alpha value is 0.950. The molecule has 1 aromatic rings. The van der Waals surface area contributed by atoms with Crippen molar-refractivity contribution in [3.05, 3.63) is 19.2 Å². The zero-order valence-electron chi connectivity index (χ0n) is 5.90. The second-order valence-corrected chi connectivity index (χ2v) is 6.43. The van der Waals surface area contributed by atoms with Gasteiger partial charge in [0.2, 0.25) is 0 Å². The molecule has 1 unspecified atom stereocenters. The lowest BCUT2D eigenvalue weighted by Crippen LogP contribution is -1.84. The minimum absolute atomic E-state index is 0.131. The maximum atomic E-state index is 6.07. The van der Waals surface area contributed by atoms with E-state index in [1.807, 2.05) is 0 Å². The van der Waals surface area contributed by atoms with E-state index in [-0.39, 0.29) is 5.38 Å². The summed E-state index contributed by atoms with van der Waals surface area (Å²) in [5.41, 5.74) is 1.19. The molecule has 11 heavy (non-hydrogen) atoms. The van der Waals surface area contributed by atoms with Crippen LogP contribution in [0.1, 0.15) is 24.3 Å². The summed E-state index contributed by atoms with van der Waals surface area (Å²) < 4.78 is 2.25. The van der Waals surface area contributed by atoms with Gasteiger partial charge in [0.1, 0.15) is 0 Å². The van der Waals surface area contributed by atoms with Crippen LogP contribution in [0, 0.1) is 0 Å². The molecular formula is C7H7Br2ClS. The summed E-state index contributed by atoms with van der Waals surface area (Å²) in [6.45, 7) is 2.08. The first-order valence-electron chi connectivity index (χ1n) is 3.24. The van der Waals surface area contributed by atoms with E-state index in [9.17, 15) is 0 Å². The molecule has 1 aromatic heterocycles. The topological polar surface area (TPSA) is 0 Å². The summed E-state index contributed by atoms with van der Waals surface area (Å²) in [6, 6.07) is 2.07. The summed E-state index contributed by atoms with van der Waals surface area (Å²) in [5, 5.41) is 0.131. The van der Waals surface area contributed by atoms with Crippen molar-refractivity contribution >= 4 is 54.8 Å². The maximum Gasteiger partial charge on any atom is 0.0757 e. The molecule has 4 heteroatoms. The fourth-order valence-electron chi connectivity index (χ4n) is 0.786. The normalized spacial score (nSPS) is 13.5. The molecule has 0 nitrogen and oxygen atoms in total. The highest BCUT2D eigenvalue weighted by Gasteiger charge is 2.12. The van der Waals surface area contributed by atoms with Crippen LogP contribution in [0.2, 0.25) is 0 Å². The average Bonchev–Trinajstić information content (AvgIpc) is 2.28. The summed E-state index contributed by atoms with van der Waals surface area (Å²) in [5.74, 6) is 0. The van der Waals surface area contributed by atoms with Crippen LogP contribution in [0.3, 0.4) is 0 Å². The van der Waals surface area contributed by atoms with E-state index in [0.717, 1.165) is 14.0 Å². The van der Waals surface area contributed by atoms with Crippen molar-refractivity contribution in [3.8, 4) is 0 Å². The van der Waals surface area contributed by atoms with Crippen LogP contribution in [0.25, 0.3) is 0 Å². The molecule has 1 heterocycles. The lowest BCUT2D eigenvalue weighted by molar-refractivity contribution is 0.884. The van der Waals surface area contributed by atoms with Crippen molar-refractivity contribution in [2.75, 3.05) is 0 Å². The van der Waals surface area contributed by atoms with Crippen molar-refractivity contribution in [1.82, 2.24) is 0 Å². The molecule has 0 aliphatic carbocycles. The van der Waals surface area contributed by atoms with Gasteiger partial charge in [0.15, 0.2) is 0 Å². The molecule has 62 valence electrons. The molecule has 0 aromatic carbocycles. The fraction of sp³-hybridized carbons (Fsp3) is 0.429. The lowest BCUT2D eigenvalue weighted by Gasteiger charge is -2.02. The zero-order valence-corrected chi connectivity index (χ0v) is 10.6. The molecule has 0 fully saturated rings. The van der Waals surface area contributed by atoms with Crippen molar-refractivity contribution < 1.29 is 0 Å². The third-order valence-electron chi connectivity index (χ3n) is 1.38. The minimum atomic E-state index is 0.131. The van der Waals surface area contributed by atoms with E-state index in [4.69, 9.17) is 11.6 Å². The Kier molecular flexibility index (Phi) is 3.89. The molecule has 1 rings (SSSR count). The fourth-order valence-corrected chi connectivity index (χ4v) is 4.13. The van der Waals surface area contributed by atoms with Crippen molar-refractivity contribution in [2.45, 2.75) is 18.7 Å². The monoisotopic (exact) mass is 316 g/mol. The highest BCUT2D eigenvalue weighted by atomic mass is 79.9.